The molecule has 0 spiro atoms. The molecule has 2 aliphatic rings. The van der Waals surface area contributed by atoms with Gasteiger partial charge in [-0.3, -0.25) is 9.88 Å². The topological polar surface area (TPSA) is 16.1 Å². The Balaban J connectivity index is 1.81. The quantitative estimate of drug-likeness (QED) is 0.696. The average molecular weight is 320 g/mol. The number of aromatic nitrogens is 1. The van der Waals surface area contributed by atoms with E-state index in [2.05, 4.69) is 48.2 Å². The summed E-state index contributed by atoms with van der Waals surface area (Å²) in [6, 6.07) is 2.34. The van der Waals surface area contributed by atoms with Crippen molar-refractivity contribution >= 4 is 0 Å². The molecule has 2 heterocycles. The molecule has 2 heteroatoms. The van der Waals surface area contributed by atoms with Crippen LogP contribution < -0.4 is 0 Å². The van der Waals surface area contributed by atoms with E-state index in [9.17, 15) is 0 Å². The number of rotatable bonds is 5. The summed E-state index contributed by atoms with van der Waals surface area (Å²) in [6.45, 7) is 15.9. The molecule has 1 saturated heterocycles. The van der Waals surface area contributed by atoms with Crippen LogP contribution in [0, 0.1) is 0 Å². The van der Waals surface area contributed by atoms with Crippen molar-refractivity contribution < 1.29 is 0 Å². The molecule has 1 aliphatic carbocycles. The Labute approximate surface area is 146 Å². The van der Waals surface area contributed by atoms with Gasteiger partial charge in [0.05, 0.1) is 0 Å². The van der Waals surface area contributed by atoms with E-state index in [0.29, 0.717) is 5.92 Å². The summed E-state index contributed by atoms with van der Waals surface area (Å²) in [4.78, 5) is 7.03. The van der Waals surface area contributed by atoms with Gasteiger partial charge in [0.2, 0.25) is 0 Å². The highest BCUT2D eigenvalue weighted by Crippen LogP contribution is 2.35. The van der Waals surface area contributed by atoms with E-state index in [1.165, 1.54) is 48.2 Å². The second-order valence-corrected chi connectivity index (χ2v) is 7.18. The molecule has 126 valence electrons. The van der Waals surface area contributed by atoms with Crippen LogP contribution >= 0.6 is 0 Å². The molecule has 0 bridgehead atoms. The van der Waals surface area contributed by atoms with E-state index in [-0.39, 0.29) is 0 Å². The lowest BCUT2D eigenvalue weighted by molar-refractivity contribution is 0.331. The maximum Gasteiger partial charge on any atom is 0.0313 e. The predicted octanol–water partition coefficient (Wildman–Crippen LogP) is 5.17. The molecular weight excluding hydrogens is 292 g/mol. The lowest BCUT2D eigenvalue weighted by Gasteiger charge is -2.23. The van der Waals surface area contributed by atoms with Crippen LogP contribution in [0.4, 0.5) is 0 Å². The Bertz CT molecular complexity index is 702. The first-order valence-electron chi connectivity index (χ1n) is 8.95. The molecule has 1 aromatic heterocycles. The van der Waals surface area contributed by atoms with Crippen LogP contribution in [-0.2, 0) is 6.54 Å². The van der Waals surface area contributed by atoms with Gasteiger partial charge in [-0.05, 0) is 74.0 Å². The molecular formula is C22H28N2. The Kier molecular flexibility index (Phi) is 5.15. The van der Waals surface area contributed by atoms with Gasteiger partial charge in [-0.25, -0.2) is 0 Å². The van der Waals surface area contributed by atoms with Crippen molar-refractivity contribution in [3.05, 3.63) is 77.2 Å². The van der Waals surface area contributed by atoms with E-state index in [1.54, 1.807) is 0 Å². The van der Waals surface area contributed by atoms with Crippen molar-refractivity contribution in [3.63, 3.8) is 0 Å². The summed E-state index contributed by atoms with van der Waals surface area (Å²) < 4.78 is 0. The SMILES string of the molecule is C=C(C)C(=C)C1=CC(c2cncc(CN3CCCC3)c2)CC=C1C. The second kappa shape index (κ2) is 7.31. The standard InChI is InChI=1S/C22H28N2/c1-16(2)18(4)22-12-20(8-7-17(22)3)21-11-19(13-23-14-21)15-24-9-5-6-10-24/h7,11-14,20H,1,4-6,8-10,15H2,2-3H3. The molecule has 1 aromatic rings. The normalized spacial score (nSPS) is 21.3. The number of nitrogens with zero attached hydrogens (tertiary/aromatic N) is 2. The maximum atomic E-state index is 4.51. The Morgan fingerprint density at radius 2 is 2.00 bits per heavy atom. The highest BCUT2D eigenvalue weighted by Gasteiger charge is 2.18. The molecule has 0 N–H and O–H groups in total. The molecule has 24 heavy (non-hydrogen) atoms. The smallest absolute Gasteiger partial charge is 0.0313 e. The molecule has 1 atom stereocenters. The summed E-state index contributed by atoms with van der Waals surface area (Å²) in [5.74, 6) is 0.380. The Hall–Kier alpha value is -1.93. The second-order valence-electron chi connectivity index (χ2n) is 7.18. The summed E-state index contributed by atoms with van der Waals surface area (Å²) in [6.07, 6.45) is 12.4. The van der Waals surface area contributed by atoms with Gasteiger partial charge in [0.15, 0.2) is 0 Å². The average Bonchev–Trinajstić information content (AvgIpc) is 3.08. The summed E-state index contributed by atoms with van der Waals surface area (Å²) in [5, 5.41) is 0. The lowest BCUT2D eigenvalue weighted by atomic mass is 9.83. The molecule has 0 amide bonds. The van der Waals surface area contributed by atoms with Crippen LogP contribution in [-0.4, -0.2) is 23.0 Å². The van der Waals surface area contributed by atoms with Crippen molar-refractivity contribution in [2.24, 2.45) is 0 Å². The highest BCUT2D eigenvalue weighted by atomic mass is 15.1. The van der Waals surface area contributed by atoms with Gasteiger partial charge >= 0.3 is 0 Å². The lowest BCUT2D eigenvalue weighted by Crippen LogP contribution is -2.18. The first-order valence-corrected chi connectivity index (χ1v) is 8.95. The third-order valence-electron chi connectivity index (χ3n) is 5.16. The van der Waals surface area contributed by atoms with Gasteiger partial charge < -0.3 is 0 Å². The van der Waals surface area contributed by atoms with Crippen molar-refractivity contribution in [3.8, 4) is 0 Å². The van der Waals surface area contributed by atoms with Crippen molar-refractivity contribution in [1.29, 1.82) is 0 Å². The number of pyridine rings is 1. The molecule has 2 nitrogen and oxygen atoms in total. The van der Waals surface area contributed by atoms with Gasteiger partial charge in [0, 0.05) is 24.9 Å². The van der Waals surface area contributed by atoms with Crippen LogP contribution in [0.25, 0.3) is 0 Å². The van der Waals surface area contributed by atoms with Gasteiger partial charge in [0.1, 0.15) is 0 Å². The summed E-state index contributed by atoms with van der Waals surface area (Å²) in [5.41, 5.74) is 7.27. The fraction of sp³-hybridized carbons (Fsp3) is 0.409. The molecule has 0 radical (unpaired) electrons. The van der Waals surface area contributed by atoms with E-state index in [1.807, 2.05) is 19.3 Å². The fourth-order valence-corrected chi connectivity index (χ4v) is 3.61. The number of hydrogen-bond donors (Lipinski definition) is 0. The summed E-state index contributed by atoms with van der Waals surface area (Å²) in [7, 11) is 0. The summed E-state index contributed by atoms with van der Waals surface area (Å²) >= 11 is 0. The van der Waals surface area contributed by atoms with Gasteiger partial charge in [-0.1, -0.05) is 36.9 Å². The number of allylic oxidation sites excluding steroid dienone is 6. The Morgan fingerprint density at radius 1 is 1.25 bits per heavy atom. The van der Waals surface area contributed by atoms with Crippen LogP contribution in [0.3, 0.4) is 0 Å². The molecule has 0 saturated carbocycles. The number of likely N-dealkylation sites (tertiary alicyclic amines) is 1. The van der Waals surface area contributed by atoms with Crippen LogP contribution in [0.1, 0.15) is 50.2 Å². The van der Waals surface area contributed by atoms with Crippen LogP contribution in [0.5, 0.6) is 0 Å². The van der Waals surface area contributed by atoms with E-state index >= 15 is 0 Å². The van der Waals surface area contributed by atoms with Crippen molar-refractivity contribution in [1.82, 2.24) is 9.88 Å². The molecule has 1 fully saturated rings. The predicted molar refractivity (Wildman–Crippen MR) is 102 cm³/mol. The first kappa shape index (κ1) is 16.9. The molecule has 1 unspecified atom stereocenters. The fourth-order valence-electron chi connectivity index (χ4n) is 3.61. The van der Waals surface area contributed by atoms with E-state index < -0.39 is 0 Å². The van der Waals surface area contributed by atoms with Crippen molar-refractivity contribution in [2.45, 2.75) is 45.6 Å². The molecule has 0 aromatic carbocycles. The molecule has 3 rings (SSSR count). The third kappa shape index (κ3) is 3.76. The zero-order valence-electron chi connectivity index (χ0n) is 15.0. The van der Waals surface area contributed by atoms with Crippen LogP contribution in [0.2, 0.25) is 0 Å². The minimum atomic E-state index is 0.380. The number of hydrogen-bond acceptors (Lipinski definition) is 2. The van der Waals surface area contributed by atoms with Crippen molar-refractivity contribution in [2.75, 3.05) is 13.1 Å². The van der Waals surface area contributed by atoms with Gasteiger partial charge in [-0.2, -0.15) is 0 Å². The molecule has 1 aliphatic heterocycles. The first-order chi connectivity index (χ1) is 11.5. The monoisotopic (exact) mass is 320 g/mol. The maximum absolute atomic E-state index is 4.51. The zero-order valence-corrected chi connectivity index (χ0v) is 15.0. The highest BCUT2D eigenvalue weighted by molar-refractivity contribution is 5.55. The minimum Gasteiger partial charge on any atom is -0.299 e. The largest absolute Gasteiger partial charge is 0.299 e. The third-order valence-corrected chi connectivity index (χ3v) is 5.16. The zero-order chi connectivity index (χ0) is 17.1. The van der Waals surface area contributed by atoms with Gasteiger partial charge in [0.25, 0.3) is 0 Å². The van der Waals surface area contributed by atoms with E-state index in [0.717, 1.165) is 24.1 Å². The Morgan fingerprint density at radius 3 is 2.71 bits per heavy atom. The van der Waals surface area contributed by atoms with Crippen LogP contribution in [0.15, 0.2) is 66.1 Å². The van der Waals surface area contributed by atoms with E-state index in [4.69, 9.17) is 0 Å². The minimum absolute atomic E-state index is 0.380. The van der Waals surface area contributed by atoms with Gasteiger partial charge in [-0.15, -0.1) is 0 Å².